The molecule has 0 aliphatic carbocycles. The van der Waals surface area contributed by atoms with E-state index in [9.17, 15) is 0 Å². The summed E-state index contributed by atoms with van der Waals surface area (Å²) in [6.45, 7) is 0. The Hall–Kier alpha value is -1.80. The van der Waals surface area contributed by atoms with Gasteiger partial charge in [0.05, 0.1) is 12.2 Å². The van der Waals surface area contributed by atoms with Gasteiger partial charge in [-0.25, -0.2) is 0 Å². The fourth-order valence-electron chi connectivity index (χ4n) is 0.168. The van der Waals surface area contributed by atoms with Crippen LogP contribution in [0.3, 0.4) is 0 Å². The Labute approximate surface area is 72.0 Å². The van der Waals surface area contributed by atoms with Crippen LogP contribution in [0.2, 0.25) is 0 Å². The van der Waals surface area contributed by atoms with Crippen molar-refractivity contribution in [3.8, 4) is 0 Å². The molecule has 0 rings (SSSR count). The standard InChI is InChI=1S/C2H3N9S/c1-3-5-7-9-11-10-8-6-4-2-12/h1H3/b5-3?,8-6+,9-7+,11-10+. The molecular formula is C2H3N9S. The zero-order valence-corrected chi connectivity index (χ0v) is 6.75. The Morgan fingerprint density at radius 2 is 1.33 bits per heavy atom. The van der Waals surface area contributed by atoms with E-state index in [2.05, 4.69) is 59.0 Å². The smallest absolute Gasteiger partial charge is 0.0890 e. The van der Waals surface area contributed by atoms with E-state index >= 15 is 0 Å². The first-order chi connectivity index (χ1) is 5.91. The number of isothiocyanates is 1. The second kappa shape index (κ2) is 9.20. The van der Waals surface area contributed by atoms with Crippen molar-refractivity contribution in [2.45, 2.75) is 0 Å². The van der Waals surface area contributed by atoms with Gasteiger partial charge in [-0.05, 0) is 48.8 Å². The fraction of sp³-hybridized carbons (Fsp3) is 0.500. The molecule has 10 heteroatoms. The van der Waals surface area contributed by atoms with Crippen LogP contribution in [0.1, 0.15) is 0 Å². The molecule has 0 radical (unpaired) electrons. The molecule has 62 valence electrons. The van der Waals surface area contributed by atoms with Gasteiger partial charge < -0.3 is 0 Å². The molecule has 0 amide bonds. The first-order valence-electron chi connectivity index (χ1n) is 2.47. The van der Waals surface area contributed by atoms with E-state index in [4.69, 9.17) is 0 Å². The third-order valence-electron chi connectivity index (χ3n) is 0.415. The van der Waals surface area contributed by atoms with Gasteiger partial charge in [-0.2, -0.15) is 5.11 Å². The minimum atomic E-state index is 1.43. The summed E-state index contributed by atoms with van der Waals surface area (Å²) in [5, 5.41) is 29.6. The Bertz CT molecular complexity index is 256. The molecule has 0 heterocycles. The summed E-state index contributed by atoms with van der Waals surface area (Å²) in [6.07, 6.45) is 0. The fourth-order valence-corrected chi connectivity index (χ4v) is 0.204. The maximum Gasteiger partial charge on any atom is 0.0890 e. The maximum atomic E-state index is 4.18. The summed E-state index contributed by atoms with van der Waals surface area (Å²) < 4.78 is 0. The Kier molecular flexibility index (Phi) is 7.82. The average Bonchev–Trinajstić information content (AvgIpc) is 2.10. The molecule has 0 aliphatic rings. The molecule has 0 aromatic rings. The average molecular weight is 185 g/mol. The van der Waals surface area contributed by atoms with Gasteiger partial charge in [-0.1, -0.05) is 5.10 Å². The van der Waals surface area contributed by atoms with E-state index in [-0.39, 0.29) is 0 Å². The molecule has 0 fully saturated rings. The number of hydrogen-bond acceptors (Lipinski definition) is 3. The number of nitrogens with zero attached hydrogens (tertiary/aromatic N) is 9. The largest absolute Gasteiger partial charge is 0.171 e. The topological polar surface area (TPSA) is 111 Å². The third kappa shape index (κ3) is 8.20. The SMILES string of the molecule is CN=N/N=N/N=N/N=N/N=C=S. The van der Waals surface area contributed by atoms with E-state index in [1.54, 1.807) is 0 Å². The zero-order chi connectivity index (χ0) is 9.07. The summed E-state index contributed by atoms with van der Waals surface area (Å²) in [4.78, 5) is 0. The second-order valence-corrected chi connectivity index (χ2v) is 1.20. The molecule has 0 bridgehead atoms. The van der Waals surface area contributed by atoms with Crippen LogP contribution in [0.5, 0.6) is 0 Å². The van der Waals surface area contributed by atoms with Crippen LogP contribution in [0.25, 0.3) is 0 Å². The van der Waals surface area contributed by atoms with Crippen LogP contribution in [0.15, 0.2) is 46.8 Å². The van der Waals surface area contributed by atoms with Crippen molar-refractivity contribution in [2.24, 2.45) is 46.8 Å². The minimum absolute atomic E-state index is 1.43. The highest BCUT2D eigenvalue weighted by atomic mass is 32.1. The zero-order valence-electron chi connectivity index (χ0n) is 5.93. The molecule has 0 atom stereocenters. The summed E-state index contributed by atoms with van der Waals surface area (Å²) in [7, 11) is 1.43. The lowest BCUT2D eigenvalue weighted by molar-refractivity contribution is 0.788. The minimum Gasteiger partial charge on any atom is -0.171 e. The van der Waals surface area contributed by atoms with Gasteiger partial charge in [-0.3, -0.25) is 0 Å². The van der Waals surface area contributed by atoms with Gasteiger partial charge in [0.2, 0.25) is 0 Å². The number of rotatable bonds is 4. The van der Waals surface area contributed by atoms with Crippen molar-refractivity contribution in [3.05, 3.63) is 0 Å². The Morgan fingerprint density at radius 1 is 0.833 bits per heavy atom. The molecule has 0 unspecified atom stereocenters. The van der Waals surface area contributed by atoms with Crippen molar-refractivity contribution in [2.75, 3.05) is 7.05 Å². The van der Waals surface area contributed by atoms with Crippen molar-refractivity contribution in [1.29, 1.82) is 0 Å². The lowest BCUT2D eigenvalue weighted by Gasteiger charge is -1.67. The normalized spacial score (nSPS) is 12.1. The van der Waals surface area contributed by atoms with Crippen molar-refractivity contribution in [1.82, 2.24) is 0 Å². The Balaban J connectivity index is 3.69. The summed E-state index contributed by atoms with van der Waals surface area (Å²) in [5.74, 6) is 0. The van der Waals surface area contributed by atoms with Gasteiger partial charge in [0.1, 0.15) is 0 Å². The van der Waals surface area contributed by atoms with Crippen LogP contribution in [0, 0.1) is 0 Å². The molecular weight excluding hydrogens is 182 g/mol. The second-order valence-electron chi connectivity index (χ2n) is 1.02. The molecule has 0 N–H and O–H groups in total. The van der Waals surface area contributed by atoms with Crippen LogP contribution in [0.4, 0.5) is 0 Å². The Morgan fingerprint density at radius 3 is 1.83 bits per heavy atom. The summed E-state index contributed by atoms with van der Waals surface area (Å²) >= 11 is 4.18. The van der Waals surface area contributed by atoms with Crippen molar-refractivity contribution < 1.29 is 0 Å². The van der Waals surface area contributed by atoms with Crippen LogP contribution in [-0.4, -0.2) is 12.2 Å². The molecule has 0 saturated heterocycles. The van der Waals surface area contributed by atoms with Gasteiger partial charge >= 0.3 is 0 Å². The summed E-state index contributed by atoms with van der Waals surface area (Å²) in [6, 6.07) is 0. The first-order valence-corrected chi connectivity index (χ1v) is 2.88. The predicted molar refractivity (Wildman–Crippen MR) is 40.4 cm³/mol. The molecule has 0 aromatic heterocycles. The van der Waals surface area contributed by atoms with Crippen molar-refractivity contribution >= 4 is 17.4 Å². The molecule has 12 heavy (non-hydrogen) atoms. The van der Waals surface area contributed by atoms with Gasteiger partial charge in [0.25, 0.3) is 0 Å². The van der Waals surface area contributed by atoms with Gasteiger partial charge in [-0.15, -0.1) is 0 Å². The van der Waals surface area contributed by atoms with Crippen LogP contribution >= 0.6 is 12.2 Å². The van der Waals surface area contributed by atoms with E-state index in [1.165, 1.54) is 7.05 Å². The predicted octanol–water partition coefficient (Wildman–Crippen LogP) is 2.19. The highest BCUT2D eigenvalue weighted by molar-refractivity contribution is 7.78. The molecule has 9 nitrogen and oxygen atoms in total. The quantitative estimate of drug-likeness (QED) is 0.284. The molecule has 0 aromatic carbocycles. The van der Waals surface area contributed by atoms with Crippen molar-refractivity contribution in [3.63, 3.8) is 0 Å². The lowest BCUT2D eigenvalue weighted by atomic mass is 11.6. The van der Waals surface area contributed by atoms with Crippen LogP contribution in [-0.2, 0) is 0 Å². The third-order valence-corrected chi connectivity index (χ3v) is 0.497. The molecule has 0 saturated carbocycles. The van der Waals surface area contributed by atoms with E-state index < -0.39 is 0 Å². The lowest BCUT2D eigenvalue weighted by Crippen LogP contribution is -1.49. The molecule has 0 spiro atoms. The highest BCUT2D eigenvalue weighted by Crippen LogP contribution is 1.84. The number of hydrogen-bond donors (Lipinski definition) is 0. The maximum absolute atomic E-state index is 4.18. The first kappa shape index (κ1) is 10.2. The number of thiocarbonyl (C=S) groups is 1. The monoisotopic (exact) mass is 185 g/mol. The van der Waals surface area contributed by atoms with Gasteiger partial charge in [0.15, 0.2) is 0 Å². The van der Waals surface area contributed by atoms with Crippen LogP contribution < -0.4 is 0 Å². The van der Waals surface area contributed by atoms with E-state index in [1.807, 2.05) is 5.16 Å². The summed E-state index contributed by atoms with van der Waals surface area (Å²) in [5.41, 5.74) is 0. The van der Waals surface area contributed by atoms with E-state index in [0.717, 1.165) is 0 Å². The van der Waals surface area contributed by atoms with E-state index in [0.29, 0.717) is 0 Å². The molecule has 0 aliphatic heterocycles. The highest BCUT2D eigenvalue weighted by Gasteiger charge is 1.65. The van der Waals surface area contributed by atoms with Gasteiger partial charge in [0, 0.05) is 0 Å².